The van der Waals surface area contributed by atoms with Crippen molar-refractivity contribution >= 4 is 5.78 Å². The molecule has 0 bridgehead atoms. The summed E-state index contributed by atoms with van der Waals surface area (Å²) >= 11 is 0. The second kappa shape index (κ2) is 5.31. The van der Waals surface area contributed by atoms with Gasteiger partial charge in [0.1, 0.15) is 11.5 Å². The van der Waals surface area contributed by atoms with E-state index in [1.165, 1.54) is 11.1 Å². The van der Waals surface area contributed by atoms with Crippen molar-refractivity contribution in [2.75, 3.05) is 19.8 Å². The third kappa shape index (κ3) is 2.65. The van der Waals surface area contributed by atoms with Crippen LogP contribution in [0.3, 0.4) is 0 Å². The number of ketones is 1. The Morgan fingerprint density at radius 1 is 1.37 bits per heavy atom. The third-order valence-electron chi connectivity index (χ3n) is 3.95. The van der Waals surface area contributed by atoms with E-state index < -0.39 is 0 Å². The van der Waals surface area contributed by atoms with Crippen LogP contribution in [0.2, 0.25) is 0 Å². The quantitative estimate of drug-likeness (QED) is 0.881. The zero-order chi connectivity index (χ0) is 13.2. The number of fused-ring (bicyclic) bond motifs is 1. The van der Waals surface area contributed by atoms with Crippen molar-refractivity contribution in [2.24, 2.45) is 11.7 Å². The normalized spacial score (nSPS) is 25.1. The molecule has 2 unspecified atom stereocenters. The van der Waals surface area contributed by atoms with Crippen LogP contribution in [-0.2, 0) is 22.4 Å². The summed E-state index contributed by atoms with van der Waals surface area (Å²) in [6.45, 7) is 1.76. The number of aryl methyl sites for hydroxylation is 1. The molecule has 3 rings (SSSR count). The molecule has 1 saturated heterocycles. The lowest BCUT2D eigenvalue weighted by Crippen LogP contribution is -2.34. The number of rotatable bonds is 4. The molecular weight excluding hydrogens is 242 g/mol. The van der Waals surface area contributed by atoms with Gasteiger partial charge in [-0.2, -0.15) is 0 Å². The van der Waals surface area contributed by atoms with Crippen molar-refractivity contribution in [1.82, 2.24) is 0 Å². The zero-order valence-electron chi connectivity index (χ0n) is 10.9. The van der Waals surface area contributed by atoms with Gasteiger partial charge in [0.25, 0.3) is 0 Å². The van der Waals surface area contributed by atoms with Crippen molar-refractivity contribution in [3.63, 3.8) is 0 Å². The Hall–Kier alpha value is -1.39. The smallest absolute Gasteiger partial charge is 0.140 e. The number of benzene rings is 1. The monoisotopic (exact) mass is 261 g/mol. The van der Waals surface area contributed by atoms with Crippen molar-refractivity contribution in [3.05, 3.63) is 29.3 Å². The van der Waals surface area contributed by atoms with Gasteiger partial charge < -0.3 is 15.2 Å². The van der Waals surface area contributed by atoms with Gasteiger partial charge in [0.05, 0.1) is 25.7 Å². The highest BCUT2D eigenvalue weighted by Crippen LogP contribution is 2.26. The van der Waals surface area contributed by atoms with Crippen LogP contribution in [-0.4, -0.2) is 31.6 Å². The lowest BCUT2D eigenvalue weighted by atomic mass is 9.94. The van der Waals surface area contributed by atoms with Crippen molar-refractivity contribution in [2.45, 2.75) is 25.3 Å². The van der Waals surface area contributed by atoms with Crippen molar-refractivity contribution in [1.29, 1.82) is 0 Å². The summed E-state index contributed by atoms with van der Waals surface area (Å²) in [6, 6.07) is 6.08. The minimum atomic E-state index is -0.124. The lowest BCUT2D eigenvalue weighted by Gasteiger charge is -2.11. The lowest BCUT2D eigenvalue weighted by molar-refractivity contribution is -0.123. The second-order valence-electron chi connectivity index (χ2n) is 5.31. The first-order valence-electron chi connectivity index (χ1n) is 6.84. The molecule has 0 spiro atoms. The Kier molecular flexibility index (Phi) is 3.53. The number of hydrogen-bond acceptors (Lipinski definition) is 4. The average molecular weight is 261 g/mol. The van der Waals surface area contributed by atoms with Gasteiger partial charge in [-0.3, -0.25) is 4.79 Å². The van der Waals surface area contributed by atoms with Gasteiger partial charge in [-0.15, -0.1) is 0 Å². The van der Waals surface area contributed by atoms with Crippen LogP contribution in [0.4, 0.5) is 0 Å². The molecular formula is C15H19NO3. The van der Waals surface area contributed by atoms with E-state index in [0.717, 1.165) is 25.2 Å². The van der Waals surface area contributed by atoms with Gasteiger partial charge >= 0.3 is 0 Å². The van der Waals surface area contributed by atoms with Gasteiger partial charge in [-0.1, -0.05) is 12.1 Å². The van der Waals surface area contributed by atoms with Crippen molar-refractivity contribution < 1.29 is 14.3 Å². The minimum absolute atomic E-state index is 0.113. The number of ether oxygens (including phenoxy) is 2. The SMILES string of the molecule is NC1COCC1C(=O)CCc1ccc2c(c1)CCO2. The molecule has 0 radical (unpaired) electrons. The maximum atomic E-state index is 12.1. The van der Waals surface area contributed by atoms with Crippen LogP contribution in [0, 0.1) is 5.92 Å². The summed E-state index contributed by atoms with van der Waals surface area (Å²) in [5, 5.41) is 0. The minimum Gasteiger partial charge on any atom is -0.493 e. The Balaban J connectivity index is 1.58. The van der Waals surface area contributed by atoms with Gasteiger partial charge in [0.2, 0.25) is 0 Å². The van der Waals surface area contributed by atoms with Gasteiger partial charge in [0.15, 0.2) is 0 Å². The van der Waals surface area contributed by atoms with E-state index in [4.69, 9.17) is 15.2 Å². The predicted octanol–water partition coefficient (Wildman–Crippen LogP) is 1.10. The largest absolute Gasteiger partial charge is 0.493 e. The first-order chi connectivity index (χ1) is 9.24. The summed E-state index contributed by atoms with van der Waals surface area (Å²) in [5.74, 6) is 1.10. The van der Waals surface area contributed by atoms with Crippen LogP contribution in [0.1, 0.15) is 17.5 Å². The van der Waals surface area contributed by atoms with Gasteiger partial charge in [0, 0.05) is 18.9 Å². The molecule has 4 heteroatoms. The molecule has 0 aromatic heterocycles. The van der Waals surface area contributed by atoms with Crippen LogP contribution < -0.4 is 10.5 Å². The highest BCUT2D eigenvalue weighted by Gasteiger charge is 2.30. The van der Waals surface area contributed by atoms with E-state index in [-0.39, 0.29) is 17.7 Å². The molecule has 0 saturated carbocycles. The maximum Gasteiger partial charge on any atom is 0.140 e. The summed E-state index contributed by atoms with van der Waals surface area (Å²) in [5.41, 5.74) is 8.31. The highest BCUT2D eigenvalue weighted by atomic mass is 16.5. The van der Waals surface area contributed by atoms with Crippen molar-refractivity contribution in [3.8, 4) is 5.75 Å². The average Bonchev–Trinajstić information content (AvgIpc) is 3.03. The molecule has 2 heterocycles. The summed E-state index contributed by atoms with van der Waals surface area (Å²) in [7, 11) is 0. The fourth-order valence-corrected chi connectivity index (χ4v) is 2.75. The molecule has 2 N–H and O–H groups in total. The zero-order valence-corrected chi connectivity index (χ0v) is 10.9. The molecule has 4 nitrogen and oxygen atoms in total. The highest BCUT2D eigenvalue weighted by molar-refractivity contribution is 5.82. The van der Waals surface area contributed by atoms with E-state index in [0.29, 0.717) is 19.6 Å². The fraction of sp³-hybridized carbons (Fsp3) is 0.533. The summed E-state index contributed by atoms with van der Waals surface area (Å²) in [4.78, 5) is 12.1. The van der Waals surface area contributed by atoms with Gasteiger partial charge in [-0.25, -0.2) is 0 Å². The van der Waals surface area contributed by atoms with E-state index in [9.17, 15) is 4.79 Å². The molecule has 19 heavy (non-hydrogen) atoms. The fourth-order valence-electron chi connectivity index (χ4n) is 2.75. The molecule has 102 valence electrons. The maximum absolute atomic E-state index is 12.1. The number of hydrogen-bond donors (Lipinski definition) is 1. The first-order valence-corrected chi connectivity index (χ1v) is 6.84. The molecule has 0 aliphatic carbocycles. The van der Waals surface area contributed by atoms with E-state index in [1.54, 1.807) is 0 Å². The van der Waals surface area contributed by atoms with Crippen LogP contribution in [0.15, 0.2) is 18.2 Å². The van der Waals surface area contributed by atoms with E-state index in [2.05, 4.69) is 6.07 Å². The number of carbonyl (C=O) groups is 1. The number of nitrogens with two attached hydrogens (primary N) is 1. The molecule has 0 amide bonds. The van der Waals surface area contributed by atoms with E-state index >= 15 is 0 Å². The third-order valence-corrected chi connectivity index (χ3v) is 3.95. The Morgan fingerprint density at radius 2 is 2.26 bits per heavy atom. The number of Topliss-reactive ketones (excluding diaryl/α,β-unsaturated/α-hetero) is 1. The Bertz CT molecular complexity index is 486. The standard InChI is InChI=1S/C15H19NO3/c16-13-9-18-8-12(13)14(17)3-1-10-2-4-15-11(7-10)5-6-19-15/h2,4,7,12-13H,1,3,5-6,8-9,16H2. The molecule has 2 atom stereocenters. The van der Waals surface area contributed by atoms with Crippen LogP contribution in [0.5, 0.6) is 5.75 Å². The van der Waals surface area contributed by atoms with Crippen LogP contribution >= 0.6 is 0 Å². The molecule has 1 aromatic rings. The Labute approximate surface area is 112 Å². The molecule has 2 aliphatic heterocycles. The second-order valence-corrected chi connectivity index (χ2v) is 5.31. The molecule has 2 aliphatic rings. The molecule has 1 aromatic carbocycles. The predicted molar refractivity (Wildman–Crippen MR) is 71.3 cm³/mol. The number of carbonyl (C=O) groups excluding carboxylic acids is 1. The topological polar surface area (TPSA) is 61.5 Å². The summed E-state index contributed by atoms with van der Waals surface area (Å²) in [6.07, 6.45) is 2.29. The Morgan fingerprint density at radius 3 is 3.05 bits per heavy atom. The van der Waals surface area contributed by atoms with Crippen LogP contribution in [0.25, 0.3) is 0 Å². The van der Waals surface area contributed by atoms with Gasteiger partial charge in [-0.05, 0) is 23.6 Å². The van der Waals surface area contributed by atoms with E-state index in [1.807, 2.05) is 12.1 Å². The first kappa shape index (κ1) is 12.6. The molecule has 1 fully saturated rings. The summed E-state index contributed by atoms with van der Waals surface area (Å²) < 4.78 is 10.7.